The predicted molar refractivity (Wildman–Crippen MR) is 72.3 cm³/mol. The van der Waals surface area contributed by atoms with E-state index in [1.54, 1.807) is 12.1 Å². The zero-order valence-corrected chi connectivity index (χ0v) is 11.0. The van der Waals surface area contributed by atoms with Crippen LogP contribution in [0.4, 0.5) is 5.69 Å². The van der Waals surface area contributed by atoms with Crippen LogP contribution in [0.1, 0.15) is 23.2 Å². The third-order valence-electron chi connectivity index (χ3n) is 3.71. The summed E-state index contributed by atoms with van der Waals surface area (Å²) in [6.07, 6.45) is 2.51. The van der Waals surface area contributed by atoms with Gasteiger partial charge in [-0.1, -0.05) is 0 Å². The number of carbonyl (C=O) groups is 1. The lowest BCUT2D eigenvalue weighted by Crippen LogP contribution is -2.36. The van der Waals surface area contributed by atoms with Gasteiger partial charge >= 0.3 is 5.97 Å². The average molecular weight is 248 g/mol. The van der Waals surface area contributed by atoms with Crippen LogP contribution in [0.3, 0.4) is 0 Å². The zero-order valence-electron chi connectivity index (χ0n) is 11.0. The Balaban J connectivity index is 2.00. The lowest BCUT2D eigenvalue weighted by Gasteiger charge is -2.27. The smallest absolute Gasteiger partial charge is 0.335 e. The maximum absolute atomic E-state index is 10.8. The van der Waals surface area contributed by atoms with E-state index in [1.807, 2.05) is 12.1 Å². The molecule has 0 amide bonds. The Labute approximate surface area is 108 Å². The number of aromatic carboxylic acids is 1. The van der Waals surface area contributed by atoms with Crippen LogP contribution < -0.4 is 4.90 Å². The van der Waals surface area contributed by atoms with Crippen molar-refractivity contribution in [1.82, 2.24) is 4.90 Å². The number of hydrogen-bond donors (Lipinski definition) is 1. The number of carboxylic acids is 1. The number of rotatable bonds is 4. The number of benzene rings is 1. The van der Waals surface area contributed by atoms with Gasteiger partial charge in [0.05, 0.1) is 5.56 Å². The van der Waals surface area contributed by atoms with E-state index in [0.717, 1.165) is 12.2 Å². The Morgan fingerprint density at radius 2 is 2.11 bits per heavy atom. The fourth-order valence-electron chi connectivity index (χ4n) is 2.49. The lowest BCUT2D eigenvalue weighted by molar-refractivity contribution is 0.0697. The molecule has 0 saturated carbocycles. The summed E-state index contributed by atoms with van der Waals surface area (Å²) < 4.78 is 0. The minimum Gasteiger partial charge on any atom is -0.478 e. The van der Waals surface area contributed by atoms with Gasteiger partial charge in [0, 0.05) is 25.3 Å². The molecule has 1 saturated heterocycles. The molecular formula is C14H20N2O2. The summed E-state index contributed by atoms with van der Waals surface area (Å²) >= 11 is 0. The number of nitrogens with zero attached hydrogens (tertiary/aromatic N) is 2. The highest BCUT2D eigenvalue weighted by Crippen LogP contribution is 2.19. The molecule has 0 spiro atoms. The van der Waals surface area contributed by atoms with Gasteiger partial charge in [0.1, 0.15) is 0 Å². The first-order valence-corrected chi connectivity index (χ1v) is 6.32. The van der Waals surface area contributed by atoms with E-state index in [0.29, 0.717) is 11.6 Å². The second-order valence-electron chi connectivity index (χ2n) is 5.01. The van der Waals surface area contributed by atoms with Gasteiger partial charge in [-0.15, -0.1) is 0 Å². The summed E-state index contributed by atoms with van der Waals surface area (Å²) in [4.78, 5) is 15.4. The molecule has 1 aromatic carbocycles. The molecule has 1 heterocycles. The number of likely N-dealkylation sites (tertiary alicyclic amines) is 1. The van der Waals surface area contributed by atoms with E-state index in [4.69, 9.17) is 5.11 Å². The average Bonchev–Trinajstić information content (AvgIpc) is 2.75. The van der Waals surface area contributed by atoms with E-state index in [-0.39, 0.29) is 0 Å². The first-order valence-electron chi connectivity index (χ1n) is 6.32. The van der Waals surface area contributed by atoms with Crippen molar-refractivity contribution >= 4 is 11.7 Å². The van der Waals surface area contributed by atoms with E-state index in [9.17, 15) is 4.79 Å². The first-order chi connectivity index (χ1) is 8.58. The third kappa shape index (κ3) is 2.82. The van der Waals surface area contributed by atoms with Gasteiger partial charge in [-0.25, -0.2) is 4.79 Å². The fourth-order valence-corrected chi connectivity index (χ4v) is 2.49. The Kier molecular flexibility index (Phi) is 3.87. The van der Waals surface area contributed by atoms with Crippen LogP contribution in [0, 0.1) is 0 Å². The summed E-state index contributed by atoms with van der Waals surface area (Å²) in [5.74, 6) is -0.875. The molecule has 0 aromatic heterocycles. The normalized spacial score (nSPS) is 20.0. The largest absolute Gasteiger partial charge is 0.478 e. The third-order valence-corrected chi connectivity index (χ3v) is 3.71. The summed E-state index contributed by atoms with van der Waals surface area (Å²) in [5.41, 5.74) is 1.41. The zero-order chi connectivity index (χ0) is 13.1. The van der Waals surface area contributed by atoms with Crippen molar-refractivity contribution in [2.45, 2.75) is 18.9 Å². The topological polar surface area (TPSA) is 43.8 Å². The van der Waals surface area contributed by atoms with Crippen molar-refractivity contribution in [3.63, 3.8) is 0 Å². The Morgan fingerprint density at radius 3 is 2.61 bits per heavy atom. The fraction of sp³-hybridized carbons (Fsp3) is 0.500. The van der Waals surface area contributed by atoms with Gasteiger partial charge < -0.3 is 14.9 Å². The molecule has 4 nitrogen and oxygen atoms in total. The molecule has 98 valence electrons. The minimum absolute atomic E-state index is 0.338. The molecule has 4 heteroatoms. The highest BCUT2D eigenvalue weighted by atomic mass is 16.4. The van der Waals surface area contributed by atoms with Crippen LogP contribution in [-0.2, 0) is 0 Å². The highest BCUT2D eigenvalue weighted by molar-refractivity contribution is 5.88. The molecule has 1 fully saturated rings. The molecule has 2 rings (SSSR count). The number of carboxylic acid groups (broad SMARTS) is 1. The van der Waals surface area contributed by atoms with Crippen LogP contribution in [0.15, 0.2) is 24.3 Å². The summed E-state index contributed by atoms with van der Waals surface area (Å²) in [7, 11) is 4.22. The molecule has 1 unspecified atom stereocenters. The monoisotopic (exact) mass is 248 g/mol. The SMILES string of the molecule is CN(CC1CCCN1C)c1ccc(C(=O)O)cc1. The Morgan fingerprint density at radius 1 is 1.44 bits per heavy atom. The van der Waals surface area contributed by atoms with Crippen LogP contribution in [0.5, 0.6) is 0 Å². The van der Waals surface area contributed by atoms with E-state index in [2.05, 4.69) is 23.9 Å². The van der Waals surface area contributed by atoms with Crippen LogP contribution in [-0.4, -0.2) is 49.2 Å². The molecule has 1 aromatic rings. The summed E-state index contributed by atoms with van der Waals surface area (Å²) in [5, 5.41) is 8.86. The Bertz CT molecular complexity index is 416. The van der Waals surface area contributed by atoms with Crippen molar-refractivity contribution in [3.05, 3.63) is 29.8 Å². The highest BCUT2D eigenvalue weighted by Gasteiger charge is 2.22. The van der Waals surface area contributed by atoms with Crippen LogP contribution >= 0.6 is 0 Å². The summed E-state index contributed by atoms with van der Waals surface area (Å²) in [6.45, 7) is 2.17. The van der Waals surface area contributed by atoms with Gasteiger partial charge in [-0.05, 0) is 50.7 Å². The van der Waals surface area contributed by atoms with Gasteiger partial charge in [0.25, 0.3) is 0 Å². The molecular weight excluding hydrogens is 228 g/mol. The lowest BCUT2D eigenvalue weighted by atomic mass is 10.1. The summed E-state index contributed by atoms with van der Waals surface area (Å²) in [6, 6.07) is 7.67. The second kappa shape index (κ2) is 5.40. The van der Waals surface area contributed by atoms with Gasteiger partial charge in [-0.3, -0.25) is 0 Å². The van der Waals surface area contributed by atoms with Gasteiger partial charge in [-0.2, -0.15) is 0 Å². The standard InChI is InChI=1S/C14H20N2O2/c1-15-9-3-4-13(15)10-16(2)12-7-5-11(6-8-12)14(17)18/h5-8,13H,3-4,9-10H2,1-2H3,(H,17,18). The maximum Gasteiger partial charge on any atom is 0.335 e. The van der Waals surface area contributed by atoms with Crippen LogP contribution in [0.25, 0.3) is 0 Å². The molecule has 0 bridgehead atoms. The van der Waals surface area contributed by atoms with Crippen molar-refractivity contribution in [3.8, 4) is 0 Å². The maximum atomic E-state index is 10.8. The number of likely N-dealkylation sites (N-methyl/N-ethyl adjacent to an activating group) is 2. The molecule has 1 N–H and O–H groups in total. The Hall–Kier alpha value is -1.55. The second-order valence-corrected chi connectivity index (χ2v) is 5.01. The quantitative estimate of drug-likeness (QED) is 0.884. The first kappa shape index (κ1) is 12.9. The minimum atomic E-state index is -0.875. The van der Waals surface area contributed by atoms with Gasteiger partial charge in [0.15, 0.2) is 0 Å². The molecule has 1 aliphatic rings. The van der Waals surface area contributed by atoms with Crippen molar-refractivity contribution in [2.75, 3.05) is 32.1 Å². The van der Waals surface area contributed by atoms with Gasteiger partial charge in [0.2, 0.25) is 0 Å². The predicted octanol–water partition coefficient (Wildman–Crippen LogP) is 1.92. The molecule has 1 atom stereocenters. The number of anilines is 1. The van der Waals surface area contributed by atoms with E-state index < -0.39 is 5.97 Å². The van der Waals surface area contributed by atoms with E-state index >= 15 is 0 Å². The van der Waals surface area contributed by atoms with Crippen molar-refractivity contribution in [1.29, 1.82) is 0 Å². The molecule has 0 aliphatic carbocycles. The number of hydrogen-bond acceptors (Lipinski definition) is 3. The van der Waals surface area contributed by atoms with E-state index in [1.165, 1.54) is 19.4 Å². The molecule has 0 radical (unpaired) electrons. The van der Waals surface area contributed by atoms with Crippen LogP contribution in [0.2, 0.25) is 0 Å². The van der Waals surface area contributed by atoms with Crippen molar-refractivity contribution < 1.29 is 9.90 Å². The molecule has 1 aliphatic heterocycles. The molecule has 18 heavy (non-hydrogen) atoms. The van der Waals surface area contributed by atoms with Crippen molar-refractivity contribution in [2.24, 2.45) is 0 Å².